The molecule has 30 heavy (non-hydrogen) atoms. The van der Waals surface area contributed by atoms with Crippen LogP contribution in [0.4, 0.5) is 5.69 Å². The minimum Gasteiger partial charge on any atom is -0.371 e. The highest BCUT2D eigenvalue weighted by molar-refractivity contribution is 5.79. The van der Waals surface area contributed by atoms with Crippen LogP contribution in [-0.2, 0) is 11.3 Å². The number of rotatable bonds is 6. The number of anilines is 1. The van der Waals surface area contributed by atoms with Crippen LogP contribution in [0.1, 0.15) is 41.6 Å². The molecule has 0 aromatic heterocycles. The molecule has 2 saturated heterocycles. The fraction of sp³-hybridized carbons (Fsp3) is 0.440. The van der Waals surface area contributed by atoms with Crippen LogP contribution in [0.5, 0.6) is 0 Å². The normalized spacial score (nSPS) is 18.9. The number of carbonyl (C=O) groups is 2. The Morgan fingerprint density at radius 2 is 1.57 bits per heavy atom. The molecule has 1 N–H and O–H groups in total. The highest BCUT2D eigenvalue weighted by atomic mass is 16.2. The molecule has 0 radical (unpaired) electrons. The van der Waals surface area contributed by atoms with Crippen molar-refractivity contribution in [2.75, 3.05) is 31.1 Å². The lowest BCUT2D eigenvalue weighted by Gasteiger charge is -2.35. The molecule has 0 spiro atoms. The van der Waals surface area contributed by atoms with Crippen molar-refractivity contribution < 1.29 is 9.59 Å². The van der Waals surface area contributed by atoms with Crippen LogP contribution in [-0.4, -0.2) is 49.3 Å². The minimum absolute atomic E-state index is 0.109. The number of hydrogen-bond donors (Lipinski definition) is 1. The maximum absolute atomic E-state index is 12.8. The van der Waals surface area contributed by atoms with Gasteiger partial charge < -0.3 is 10.2 Å². The molecule has 2 aliphatic rings. The molecule has 2 heterocycles. The monoisotopic (exact) mass is 405 g/mol. The van der Waals surface area contributed by atoms with Crippen LogP contribution in [0.2, 0.25) is 0 Å². The van der Waals surface area contributed by atoms with E-state index in [2.05, 4.69) is 45.4 Å². The van der Waals surface area contributed by atoms with E-state index in [1.165, 1.54) is 5.56 Å². The summed E-state index contributed by atoms with van der Waals surface area (Å²) in [6.07, 6.45) is 4.69. The Balaban J connectivity index is 1.19. The van der Waals surface area contributed by atoms with Gasteiger partial charge in [0.25, 0.3) is 0 Å². The lowest BCUT2D eigenvalue weighted by molar-refractivity contribution is -0.126. The highest BCUT2D eigenvalue weighted by Gasteiger charge is 2.28. The smallest absolute Gasteiger partial charge is 0.223 e. The standard InChI is InChI=1S/C25H31N3O2/c29-19-21-6-8-24(9-7-21)28-16-10-22(11-17-28)25(30)26-23-12-14-27(15-13-23)18-20-4-2-1-3-5-20/h1-9,19,22-23H,10-18H2,(H,26,30). The molecule has 5 heteroatoms. The summed E-state index contributed by atoms with van der Waals surface area (Å²) < 4.78 is 0. The van der Waals surface area contributed by atoms with Gasteiger partial charge in [0.15, 0.2) is 0 Å². The molecular formula is C25H31N3O2. The lowest BCUT2D eigenvalue weighted by Crippen LogP contribution is -2.48. The third-order valence-corrected chi connectivity index (χ3v) is 6.44. The molecule has 2 aliphatic heterocycles. The largest absolute Gasteiger partial charge is 0.371 e. The second-order valence-corrected chi connectivity index (χ2v) is 8.52. The van der Waals surface area contributed by atoms with Crippen LogP contribution in [0.3, 0.4) is 0 Å². The predicted molar refractivity (Wildman–Crippen MR) is 120 cm³/mol. The van der Waals surface area contributed by atoms with Crippen molar-refractivity contribution in [3.63, 3.8) is 0 Å². The van der Waals surface area contributed by atoms with Gasteiger partial charge in [-0.05, 0) is 55.5 Å². The minimum atomic E-state index is 0.109. The van der Waals surface area contributed by atoms with E-state index < -0.39 is 0 Å². The molecule has 0 bridgehead atoms. The van der Waals surface area contributed by atoms with Crippen LogP contribution in [0.25, 0.3) is 0 Å². The number of carbonyl (C=O) groups excluding carboxylic acids is 2. The maximum Gasteiger partial charge on any atom is 0.223 e. The highest BCUT2D eigenvalue weighted by Crippen LogP contribution is 2.24. The number of nitrogens with zero attached hydrogens (tertiary/aromatic N) is 2. The molecule has 0 saturated carbocycles. The lowest BCUT2D eigenvalue weighted by atomic mass is 9.94. The topological polar surface area (TPSA) is 52.7 Å². The van der Waals surface area contributed by atoms with E-state index in [4.69, 9.17) is 0 Å². The summed E-state index contributed by atoms with van der Waals surface area (Å²) in [5.41, 5.74) is 3.18. The van der Waals surface area contributed by atoms with Crippen molar-refractivity contribution in [3.05, 3.63) is 65.7 Å². The van der Waals surface area contributed by atoms with E-state index in [-0.39, 0.29) is 11.8 Å². The van der Waals surface area contributed by atoms with Crippen LogP contribution in [0.15, 0.2) is 54.6 Å². The molecule has 0 unspecified atom stereocenters. The summed E-state index contributed by atoms with van der Waals surface area (Å²) in [6, 6.07) is 18.6. The predicted octanol–water partition coefficient (Wildman–Crippen LogP) is 3.50. The van der Waals surface area contributed by atoms with Gasteiger partial charge in [-0.1, -0.05) is 30.3 Å². The zero-order valence-corrected chi connectivity index (χ0v) is 17.5. The zero-order valence-electron chi connectivity index (χ0n) is 17.5. The summed E-state index contributed by atoms with van der Waals surface area (Å²) in [6.45, 7) is 4.83. The summed E-state index contributed by atoms with van der Waals surface area (Å²) in [7, 11) is 0. The quantitative estimate of drug-likeness (QED) is 0.748. The third-order valence-electron chi connectivity index (χ3n) is 6.44. The fourth-order valence-electron chi connectivity index (χ4n) is 4.56. The van der Waals surface area contributed by atoms with Gasteiger partial charge in [-0.2, -0.15) is 0 Å². The van der Waals surface area contributed by atoms with E-state index in [1.54, 1.807) is 0 Å². The third kappa shape index (κ3) is 5.28. The van der Waals surface area contributed by atoms with E-state index in [1.807, 2.05) is 24.3 Å². The molecule has 2 aromatic carbocycles. The average Bonchev–Trinajstić information content (AvgIpc) is 2.81. The molecule has 4 rings (SSSR count). The Morgan fingerprint density at radius 1 is 0.900 bits per heavy atom. The molecule has 158 valence electrons. The van der Waals surface area contributed by atoms with Crippen molar-refractivity contribution in [2.45, 2.75) is 38.3 Å². The SMILES string of the molecule is O=Cc1ccc(N2CCC(C(=O)NC3CCN(Cc4ccccc4)CC3)CC2)cc1. The first-order valence-corrected chi connectivity index (χ1v) is 11.1. The Labute approximate surface area is 179 Å². The number of hydrogen-bond acceptors (Lipinski definition) is 4. The number of nitrogens with one attached hydrogen (secondary N) is 1. The van der Waals surface area contributed by atoms with Gasteiger partial charge >= 0.3 is 0 Å². The van der Waals surface area contributed by atoms with Crippen LogP contribution < -0.4 is 10.2 Å². The summed E-state index contributed by atoms with van der Waals surface area (Å²) in [5.74, 6) is 0.338. The summed E-state index contributed by atoms with van der Waals surface area (Å²) in [5, 5.41) is 3.32. The molecular weight excluding hydrogens is 374 g/mol. The van der Waals surface area contributed by atoms with Gasteiger partial charge in [-0.15, -0.1) is 0 Å². The number of amides is 1. The maximum atomic E-state index is 12.8. The fourth-order valence-corrected chi connectivity index (χ4v) is 4.56. The van der Waals surface area contributed by atoms with Crippen LogP contribution in [0, 0.1) is 5.92 Å². The Morgan fingerprint density at radius 3 is 2.20 bits per heavy atom. The first-order chi connectivity index (χ1) is 14.7. The van der Waals surface area contributed by atoms with Gasteiger partial charge in [-0.25, -0.2) is 0 Å². The molecule has 0 atom stereocenters. The second kappa shape index (κ2) is 9.90. The number of likely N-dealkylation sites (tertiary alicyclic amines) is 1. The zero-order chi connectivity index (χ0) is 20.8. The first-order valence-electron chi connectivity index (χ1n) is 11.1. The van der Waals surface area contributed by atoms with Crippen molar-refractivity contribution in [2.24, 2.45) is 5.92 Å². The average molecular weight is 406 g/mol. The Bertz CT molecular complexity index is 821. The first kappa shape index (κ1) is 20.6. The van der Waals surface area contributed by atoms with Gasteiger partial charge in [0, 0.05) is 55.9 Å². The number of aldehydes is 1. The molecule has 2 fully saturated rings. The van der Waals surface area contributed by atoms with Crippen LogP contribution >= 0.6 is 0 Å². The van der Waals surface area contributed by atoms with Crippen molar-refractivity contribution in [1.82, 2.24) is 10.2 Å². The van der Waals surface area contributed by atoms with Crippen molar-refractivity contribution >= 4 is 17.9 Å². The molecule has 0 aliphatic carbocycles. The molecule has 5 nitrogen and oxygen atoms in total. The number of benzene rings is 2. The van der Waals surface area contributed by atoms with E-state index in [0.29, 0.717) is 11.6 Å². The Hall–Kier alpha value is -2.66. The van der Waals surface area contributed by atoms with Gasteiger partial charge in [0.05, 0.1) is 0 Å². The van der Waals surface area contributed by atoms with E-state index in [9.17, 15) is 9.59 Å². The Kier molecular flexibility index (Phi) is 6.80. The summed E-state index contributed by atoms with van der Waals surface area (Å²) in [4.78, 5) is 28.4. The van der Waals surface area contributed by atoms with Gasteiger partial charge in [-0.3, -0.25) is 14.5 Å². The van der Waals surface area contributed by atoms with E-state index in [0.717, 1.165) is 70.4 Å². The molecule has 1 amide bonds. The van der Waals surface area contributed by atoms with E-state index >= 15 is 0 Å². The molecule has 2 aromatic rings. The van der Waals surface area contributed by atoms with Crippen molar-refractivity contribution in [3.8, 4) is 0 Å². The number of piperidine rings is 2. The van der Waals surface area contributed by atoms with Crippen molar-refractivity contribution in [1.29, 1.82) is 0 Å². The summed E-state index contributed by atoms with van der Waals surface area (Å²) >= 11 is 0. The van der Waals surface area contributed by atoms with Gasteiger partial charge in [0.1, 0.15) is 6.29 Å². The second-order valence-electron chi connectivity index (χ2n) is 8.52. The van der Waals surface area contributed by atoms with Gasteiger partial charge in [0.2, 0.25) is 5.91 Å².